The van der Waals surface area contributed by atoms with E-state index in [0.717, 1.165) is 30.6 Å². The molecule has 0 amide bonds. The summed E-state index contributed by atoms with van der Waals surface area (Å²) in [6.45, 7) is 6.41. The zero-order chi connectivity index (χ0) is 16.7. The van der Waals surface area contributed by atoms with Gasteiger partial charge in [0.15, 0.2) is 11.5 Å². The Morgan fingerprint density at radius 3 is 2.48 bits per heavy atom. The first-order valence-electron chi connectivity index (χ1n) is 7.89. The van der Waals surface area contributed by atoms with Crippen molar-refractivity contribution in [3.05, 3.63) is 58.1 Å². The highest BCUT2D eigenvalue weighted by Crippen LogP contribution is 2.37. The molecule has 0 spiro atoms. The van der Waals surface area contributed by atoms with Crippen LogP contribution in [-0.2, 0) is 13.2 Å². The van der Waals surface area contributed by atoms with Crippen LogP contribution in [-0.4, -0.2) is 13.7 Å². The number of halogens is 1. The van der Waals surface area contributed by atoms with E-state index in [9.17, 15) is 0 Å². The van der Waals surface area contributed by atoms with Crippen LogP contribution < -0.4 is 14.8 Å². The van der Waals surface area contributed by atoms with Gasteiger partial charge in [0, 0.05) is 6.54 Å². The lowest BCUT2D eigenvalue weighted by Gasteiger charge is -2.14. The molecule has 1 N–H and O–H groups in total. The van der Waals surface area contributed by atoms with E-state index in [0.29, 0.717) is 23.1 Å². The van der Waals surface area contributed by atoms with Gasteiger partial charge in [0.05, 0.1) is 12.1 Å². The fourth-order valence-electron chi connectivity index (χ4n) is 2.26. The normalized spacial score (nSPS) is 10.6. The highest BCUT2D eigenvalue weighted by atomic mass is 35.5. The summed E-state index contributed by atoms with van der Waals surface area (Å²) in [4.78, 5) is 0. The van der Waals surface area contributed by atoms with Crippen molar-refractivity contribution in [1.82, 2.24) is 5.32 Å². The molecule has 4 heteroatoms. The number of hydrogen-bond acceptors (Lipinski definition) is 3. The first kappa shape index (κ1) is 17.6. The van der Waals surface area contributed by atoms with E-state index in [4.69, 9.17) is 21.1 Å². The fourth-order valence-corrected chi connectivity index (χ4v) is 2.55. The average molecular weight is 334 g/mol. The first-order chi connectivity index (χ1) is 11.1. The van der Waals surface area contributed by atoms with E-state index in [-0.39, 0.29) is 0 Å². The summed E-state index contributed by atoms with van der Waals surface area (Å²) in [6, 6.07) is 12.1. The molecular weight excluding hydrogens is 310 g/mol. The molecule has 0 aliphatic carbocycles. The van der Waals surface area contributed by atoms with Crippen molar-refractivity contribution in [2.45, 2.75) is 33.4 Å². The summed E-state index contributed by atoms with van der Waals surface area (Å²) >= 11 is 6.38. The minimum absolute atomic E-state index is 0.462. The van der Waals surface area contributed by atoms with Crippen molar-refractivity contribution in [2.75, 3.05) is 13.7 Å². The standard InChI is InChI=1S/C19H24ClNO2/c1-4-9-21-12-16-10-17(20)19(18(11-16)22-3)23-13-15-7-5-14(2)6-8-15/h5-8,10-11,21H,4,9,12-13H2,1-3H3. The summed E-state index contributed by atoms with van der Waals surface area (Å²) in [7, 11) is 1.63. The van der Waals surface area contributed by atoms with E-state index in [1.807, 2.05) is 12.1 Å². The van der Waals surface area contributed by atoms with Gasteiger partial charge in [-0.15, -0.1) is 0 Å². The van der Waals surface area contributed by atoms with Gasteiger partial charge in [-0.3, -0.25) is 0 Å². The topological polar surface area (TPSA) is 30.5 Å². The molecule has 0 aliphatic rings. The van der Waals surface area contributed by atoms with Gasteiger partial charge in [0.2, 0.25) is 0 Å². The number of ether oxygens (including phenoxy) is 2. The molecule has 0 saturated heterocycles. The molecule has 0 saturated carbocycles. The highest BCUT2D eigenvalue weighted by Gasteiger charge is 2.12. The highest BCUT2D eigenvalue weighted by molar-refractivity contribution is 6.32. The van der Waals surface area contributed by atoms with Crippen LogP contribution in [0.15, 0.2) is 36.4 Å². The number of hydrogen-bond donors (Lipinski definition) is 1. The SMILES string of the molecule is CCCNCc1cc(Cl)c(OCc2ccc(C)cc2)c(OC)c1. The minimum Gasteiger partial charge on any atom is -0.493 e. The number of aryl methyl sites for hydroxylation is 1. The molecule has 2 aromatic carbocycles. The Morgan fingerprint density at radius 1 is 1.09 bits per heavy atom. The van der Waals surface area contributed by atoms with E-state index in [1.54, 1.807) is 7.11 Å². The molecule has 0 fully saturated rings. The Labute approximate surface area is 143 Å². The zero-order valence-electron chi connectivity index (χ0n) is 14.0. The first-order valence-corrected chi connectivity index (χ1v) is 8.27. The van der Waals surface area contributed by atoms with E-state index in [1.165, 1.54) is 5.56 Å². The minimum atomic E-state index is 0.462. The molecule has 0 bridgehead atoms. The molecule has 0 aromatic heterocycles. The van der Waals surface area contributed by atoms with Crippen LogP contribution in [0, 0.1) is 6.92 Å². The Kier molecular flexibility index (Phi) is 6.75. The van der Waals surface area contributed by atoms with Crippen molar-refractivity contribution < 1.29 is 9.47 Å². The molecule has 0 radical (unpaired) electrons. The summed E-state index contributed by atoms with van der Waals surface area (Å²) in [5.41, 5.74) is 3.42. The van der Waals surface area contributed by atoms with Crippen LogP contribution in [0.25, 0.3) is 0 Å². The van der Waals surface area contributed by atoms with Crippen LogP contribution in [0.4, 0.5) is 0 Å². The number of methoxy groups -OCH3 is 1. The van der Waals surface area contributed by atoms with E-state index >= 15 is 0 Å². The number of rotatable bonds is 8. The summed E-state index contributed by atoms with van der Waals surface area (Å²) in [6.07, 6.45) is 1.10. The maximum Gasteiger partial charge on any atom is 0.180 e. The molecule has 0 aliphatic heterocycles. The molecular formula is C19H24ClNO2. The van der Waals surface area contributed by atoms with E-state index in [2.05, 4.69) is 43.4 Å². The smallest absolute Gasteiger partial charge is 0.180 e. The van der Waals surface area contributed by atoms with Crippen molar-refractivity contribution >= 4 is 11.6 Å². The maximum absolute atomic E-state index is 6.38. The average Bonchev–Trinajstić information content (AvgIpc) is 2.55. The van der Waals surface area contributed by atoms with Gasteiger partial charge in [-0.05, 0) is 43.1 Å². The Balaban J connectivity index is 2.09. The molecule has 0 atom stereocenters. The number of nitrogens with one attached hydrogen (secondary N) is 1. The summed E-state index contributed by atoms with van der Waals surface area (Å²) in [5.74, 6) is 1.26. The second-order valence-corrected chi connectivity index (χ2v) is 5.97. The van der Waals surface area contributed by atoms with Crippen LogP contribution >= 0.6 is 11.6 Å². The van der Waals surface area contributed by atoms with Crippen LogP contribution in [0.5, 0.6) is 11.5 Å². The third kappa shape index (κ3) is 5.15. The van der Waals surface area contributed by atoms with Gasteiger partial charge in [0.25, 0.3) is 0 Å². The molecule has 2 rings (SSSR count). The predicted molar refractivity (Wildman–Crippen MR) is 95.5 cm³/mol. The van der Waals surface area contributed by atoms with Gasteiger partial charge in [0.1, 0.15) is 6.61 Å². The van der Waals surface area contributed by atoms with Crippen molar-refractivity contribution in [3.63, 3.8) is 0 Å². The Morgan fingerprint density at radius 2 is 1.83 bits per heavy atom. The Hall–Kier alpha value is -1.71. The lowest BCUT2D eigenvalue weighted by Crippen LogP contribution is -2.14. The molecule has 2 aromatic rings. The lowest BCUT2D eigenvalue weighted by atomic mass is 10.1. The Bertz CT molecular complexity index is 626. The molecule has 124 valence electrons. The van der Waals surface area contributed by atoms with Crippen molar-refractivity contribution in [2.24, 2.45) is 0 Å². The van der Waals surface area contributed by atoms with Crippen molar-refractivity contribution in [3.8, 4) is 11.5 Å². The second-order valence-electron chi connectivity index (χ2n) is 5.56. The van der Waals surface area contributed by atoms with Crippen LogP contribution in [0.3, 0.4) is 0 Å². The van der Waals surface area contributed by atoms with Crippen LogP contribution in [0.1, 0.15) is 30.0 Å². The lowest BCUT2D eigenvalue weighted by molar-refractivity contribution is 0.284. The number of benzene rings is 2. The van der Waals surface area contributed by atoms with Gasteiger partial charge in [-0.2, -0.15) is 0 Å². The maximum atomic E-state index is 6.38. The van der Waals surface area contributed by atoms with Crippen molar-refractivity contribution in [1.29, 1.82) is 0 Å². The molecule has 0 unspecified atom stereocenters. The van der Waals surface area contributed by atoms with Gasteiger partial charge in [-0.25, -0.2) is 0 Å². The predicted octanol–water partition coefficient (Wildman–Crippen LogP) is 4.74. The summed E-state index contributed by atoms with van der Waals surface area (Å²) in [5, 5.41) is 3.93. The third-order valence-electron chi connectivity index (χ3n) is 3.55. The fraction of sp³-hybridized carbons (Fsp3) is 0.368. The molecule has 23 heavy (non-hydrogen) atoms. The monoisotopic (exact) mass is 333 g/mol. The van der Waals surface area contributed by atoms with Gasteiger partial charge < -0.3 is 14.8 Å². The second kappa shape index (κ2) is 8.80. The summed E-state index contributed by atoms with van der Waals surface area (Å²) < 4.78 is 11.3. The molecule has 0 heterocycles. The molecule has 3 nitrogen and oxygen atoms in total. The van der Waals surface area contributed by atoms with E-state index < -0.39 is 0 Å². The van der Waals surface area contributed by atoms with Gasteiger partial charge >= 0.3 is 0 Å². The third-order valence-corrected chi connectivity index (χ3v) is 3.83. The quantitative estimate of drug-likeness (QED) is 0.708. The largest absolute Gasteiger partial charge is 0.493 e. The van der Waals surface area contributed by atoms with Crippen LogP contribution in [0.2, 0.25) is 5.02 Å². The van der Waals surface area contributed by atoms with Gasteiger partial charge in [-0.1, -0.05) is 48.4 Å². The zero-order valence-corrected chi connectivity index (χ0v) is 14.7.